The van der Waals surface area contributed by atoms with Gasteiger partial charge in [-0.25, -0.2) is 9.18 Å². The van der Waals surface area contributed by atoms with Gasteiger partial charge in [0.1, 0.15) is 11.4 Å². The van der Waals surface area contributed by atoms with Crippen molar-refractivity contribution in [1.29, 1.82) is 0 Å². The van der Waals surface area contributed by atoms with Gasteiger partial charge in [-0.1, -0.05) is 13.8 Å². The molecule has 17 heavy (non-hydrogen) atoms. The minimum absolute atomic E-state index is 0.0816. The molecule has 1 aromatic carbocycles. The van der Waals surface area contributed by atoms with Crippen LogP contribution in [0.4, 0.5) is 10.1 Å². The monoisotopic (exact) mass is 307 g/mol. The molecule has 0 aliphatic heterocycles. The number of nitro groups is 1. The molecular weight excluding hydrogens is 297 g/mol. The summed E-state index contributed by atoms with van der Waals surface area (Å²) in [5.41, 5.74) is -0.918. The molecule has 0 aromatic heterocycles. The molecule has 0 atom stereocenters. The van der Waals surface area contributed by atoms with Gasteiger partial charge in [-0.05, 0) is 22.0 Å². The lowest BCUT2D eigenvalue weighted by atomic mass is 10.2. The van der Waals surface area contributed by atoms with Crippen LogP contribution in [0.25, 0.3) is 0 Å². The smallest absolute Gasteiger partial charge is 0.344 e. The molecule has 0 radical (unpaired) electrons. The van der Waals surface area contributed by atoms with Crippen molar-refractivity contribution in [3.05, 3.63) is 38.1 Å². The Morgan fingerprint density at radius 3 is 2.41 bits per heavy atom. The molecule has 7 heteroatoms. The van der Waals surface area contributed by atoms with Crippen molar-refractivity contribution in [3.8, 4) is 0 Å². The fourth-order valence-electron chi connectivity index (χ4n) is 0.961. The summed E-state index contributed by atoms with van der Waals surface area (Å²) in [4.78, 5) is 20.9. The van der Waals surface area contributed by atoms with E-state index in [0.29, 0.717) is 0 Å². The van der Waals surface area contributed by atoms with E-state index in [-0.39, 0.29) is 4.47 Å². The largest absolute Gasteiger partial charge is 0.465 e. The summed E-state index contributed by atoms with van der Waals surface area (Å²) < 4.78 is 17.3. The van der Waals surface area contributed by atoms with Crippen molar-refractivity contribution >= 4 is 27.6 Å². The Morgan fingerprint density at radius 1 is 1.47 bits per heavy atom. The molecule has 0 aliphatic rings. The first-order valence-electron chi connectivity index (χ1n) is 4.69. The van der Waals surface area contributed by atoms with Crippen LogP contribution in [-0.4, -0.2) is 18.0 Å². The number of hydrogen-bond donors (Lipinski definition) is 0. The number of ether oxygens (including phenoxy) is 1. The third kappa shape index (κ3) is 3.77. The van der Waals surface area contributed by atoms with E-state index >= 15 is 0 Å². The maximum absolute atomic E-state index is 13.0. The summed E-state index contributed by atoms with van der Waals surface area (Å²) in [5, 5.41) is 10.6. The SMILES string of the molecule is CC.COC(=O)c1cc(F)c(Br)cc1[N+](=O)[O-]. The molecule has 0 heterocycles. The van der Waals surface area contributed by atoms with Crippen molar-refractivity contribution in [3.63, 3.8) is 0 Å². The van der Waals surface area contributed by atoms with Crippen LogP contribution in [0.3, 0.4) is 0 Å². The summed E-state index contributed by atoms with van der Waals surface area (Å²) in [5.74, 6) is -1.71. The highest BCUT2D eigenvalue weighted by Crippen LogP contribution is 2.26. The molecule has 0 saturated heterocycles. The van der Waals surface area contributed by atoms with Crippen molar-refractivity contribution < 1.29 is 18.8 Å². The summed E-state index contributed by atoms with van der Waals surface area (Å²) in [7, 11) is 1.06. The second kappa shape index (κ2) is 6.95. The molecule has 0 aliphatic carbocycles. The fourth-order valence-corrected chi connectivity index (χ4v) is 1.29. The van der Waals surface area contributed by atoms with Gasteiger partial charge in [0.25, 0.3) is 5.69 Å². The Morgan fingerprint density at radius 2 is 2.00 bits per heavy atom. The summed E-state index contributed by atoms with van der Waals surface area (Å²) >= 11 is 2.79. The zero-order valence-electron chi connectivity index (χ0n) is 9.49. The number of rotatable bonds is 2. The maximum Gasteiger partial charge on any atom is 0.344 e. The average Bonchev–Trinajstić information content (AvgIpc) is 2.33. The number of carbonyl (C=O) groups is 1. The Balaban J connectivity index is 0.00000121. The first kappa shape index (κ1) is 15.5. The fraction of sp³-hybridized carbons (Fsp3) is 0.300. The maximum atomic E-state index is 13.0. The van der Waals surface area contributed by atoms with Gasteiger partial charge in [-0.2, -0.15) is 0 Å². The molecule has 5 nitrogen and oxygen atoms in total. The molecule has 94 valence electrons. The average molecular weight is 308 g/mol. The number of methoxy groups -OCH3 is 1. The van der Waals surface area contributed by atoms with Crippen molar-refractivity contribution in [2.24, 2.45) is 0 Å². The second-order valence-corrected chi connectivity index (χ2v) is 3.39. The van der Waals surface area contributed by atoms with E-state index in [9.17, 15) is 19.3 Å². The Bertz CT molecular complexity index is 437. The molecule has 0 bridgehead atoms. The molecule has 0 N–H and O–H groups in total. The highest BCUT2D eigenvalue weighted by atomic mass is 79.9. The summed E-state index contributed by atoms with van der Waals surface area (Å²) in [6, 6.07) is 1.68. The van der Waals surface area contributed by atoms with E-state index in [1.165, 1.54) is 0 Å². The third-order valence-corrected chi connectivity index (χ3v) is 2.25. The zero-order valence-corrected chi connectivity index (χ0v) is 11.1. The van der Waals surface area contributed by atoms with Crippen LogP contribution in [0.5, 0.6) is 0 Å². The van der Waals surface area contributed by atoms with Gasteiger partial charge in [0.2, 0.25) is 0 Å². The quantitative estimate of drug-likeness (QED) is 0.477. The first-order chi connectivity index (χ1) is 7.97. The Hall–Kier alpha value is -1.50. The van der Waals surface area contributed by atoms with Gasteiger partial charge >= 0.3 is 5.97 Å². The van der Waals surface area contributed by atoms with E-state index in [4.69, 9.17) is 0 Å². The van der Waals surface area contributed by atoms with E-state index in [2.05, 4.69) is 20.7 Å². The van der Waals surface area contributed by atoms with Crippen LogP contribution in [-0.2, 0) is 4.74 Å². The van der Waals surface area contributed by atoms with E-state index in [1.807, 2.05) is 13.8 Å². The minimum Gasteiger partial charge on any atom is -0.465 e. The van der Waals surface area contributed by atoms with Gasteiger partial charge in [-0.3, -0.25) is 10.1 Å². The highest BCUT2D eigenvalue weighted by Gasteiger charge is 2.23. The predicted molar refractivity (Wildman–Crippen MR) is 63.4 cm³/mol. The van der Waals surface area contributed by atoms with Crippen molar-refractivity contribution in [2.45, 2.75) is 13.8 Å². The standard InChI is InChI=1S/C8H5BrFNO4.C2H6/c1-15-8(12)4-2-6(10)5(9)3-7(4)11(13)14;1-2/h2-3H,1H3;1-2H3. The van der Waals surface area contributed by atoms with E-state index in [1.54, 1.807) is 0 Å². The van der Waals surface area contributed by atoms with Gasteiger partial charge in [-0.15, -0.1) is 0 Å². The van der Waals surface area contributed by atoms with Crippen LogP contribution in [0.15, 0.2) is 16.6 Å². The van der Waals surface area contributed by atoms with Crippen LogP contribution in [0.2, 0.25) is 0 Å². The summed E-state index contributed by atoms with van der Waals surface area (Å²) in [6.45, 7) is 4.00. The van der Waals surface area contributed by atoms with Crippen molar-refractivity contribution in [1.82, 2.24) is 0 Å². The van der Waals surface area contributed by atoms with Crippen LogP contribution < -0.4 is 0 Å². The number of carbonyl (C=O) groups excluding carboxylic acids is 1. The number of benzene rings is 1. The molecule has 0 saturated carbocycles. The highest BCUT2D eigenvalue weighted by molar-refractivity contribution is 9.10. The first-order valence-corrected chi connectivity index (χ1v) is 5.48. The van der Waals surface area contributed by atoms with Crippen LogP contribution >= 0.6 is 15.9 Å². The van der Waals surface area contributed by atoms with Crippen LogP contribution in [0.1, 0.15) is 24.2 Å². The summed E-state index contributed by atoms with van der Waals surface area (Å²) in [6.07, 6.45) is 0. The molecular formula is C10H11BrFNO4. The number of nitro benzene ring substituents is 1. The van der Waals surface area contributed by atoms with E-state index in [0.717, 1.165) is 19.2 Å². The lowest BCUT2D eigenvalue weighted by Crippen LogP contribution is -2.06. The lowest BCUT2D eigenvalue weighted by molar-refractivity contribution is -0.385. The van der Waals surface area contributed by atoms with E-state index < -0.39 is 28.0 Å². The molecule has 1 rings (SSSR count). The molecule has 0 amide bonds. The van der Waals surface area contributed by atoms with Crippen LogP contribution in [0, 0.1) is 15.9 Å². The van der Waals surface area contributed by atoms with Gasteiger partial charge in [0.15, 0.2) is 0 Å². The molecule has 0 fully saturated rings. The topological polar surface area (TPSA) is 69.4 Å². The number of halogens is 2. The zero-order chi connectivity index (χ0) is 13.6. The minimum atomic E-state index is -0.951. The molecule has 1 aromatic rings. The number of hydrogen-bond acceptors (Lipinski definition) is 4. The Kier molecular flexibility index (Phi) is 6.34. The van der Waals surface area contributed by atoms with Gasteiger partial charge in [0, 0.05) is 6.07 Å². The molecule has 0 spiro atoms. The number of nitrogens with zero attached hydrogens (tertiary/aromatic N) is 1. The third-order valence-electron chi connectivity index (χ3n) is 1.64. The normalized spacial score (nSPS) is 9.00. The van der Waals surface area contributed by atoms with Gasteiger partial charge < -0.3 is 4.74 Å². The number of esters is 1. The molecule has 0 unspecified atom stereocenters. The van der Waals surface area contributed by atoms with Crippen molar-refractivity contribution in [2.75, 3.05) is 7.11 Å². The lowest BCUT2D eigenvalue weighted by Gasteiger charge is -2.02. The van der Waals surface area contributed by atoms with Gasteiger partial charge in [0.05, 0.1) is 16.5 Å². The predicted octanol–water partition coefficient (Wildman–Crippen LogP) is 3.31. The second-order valence-electron chi connectivity index (χ2n) is 2.53. The Labute approximate surface area is 106 Å².